The van der Waals surface area contributed by atoms with Crippen LogP contribution in [0, 0.1) is 18.8 Å². The first-order chi connectivity index (χ1) is 10.8. The van der Waals surface area contributed by atoms with Crippen LogP contribution in [0.5, 0.6) is 0 Å². The maximum atomic E-state index is 12.8. The van der Waals surface area contributed by atoms with Crippen molar-refractivity contribution >= 4 is 11.6 Å². The zero-order chi connectivity index (χ0) is 17.1. The van der Waals surface area contributed by atoms with Gasteiger partial charge in [0.05, 0.1) is 6.10 Å². The van der Waals surface area contributed by atoms with E-state index in [0.29, 0.717) is 18.5 Å². The topological polar surface area (TPSA) is 52.6 Å². The molecule has 0 saturated carbocycles. The third kappa shape index (κ3) is 4.05. The predicted octanol–water partition coefficient (Wildman–Crippen LogP) is 3.29. The molecule has 23 heavy (non-hydrogen) atoms. The van der Waals surface area contributed by atoms with Gasteiger partial charge in [-0.25, -0.2) is 0 Å². The van der Waals surface area contributed by atoms with E-state index in [1.807, 2.05) is 36.9 Å². The first-order valence-electron chi connectivity index (χ1n) is 8.64. The number of anilines is 1. The molecule has 128 valence electrons. The van der Waals surface area contributed by atoms with Gasteiger partial charge in [-0.1, -0.05) is 19.9 Å². The number of likely N-dealkylation sites (tertiary alicyclic amines) is 1. The van der Waals surface area contributed by atoms with Gasteiger partial charge in [0.1, 0.15) is 0 Å². The number of rotatable bonds is 5. The molecule has 2 rings (SSSR count). The van der Waals surface area contributed by atoms with E-state index < -0.39 is 0 Å². The van der Waals surface area contributed by atoms with Crippen LogP contribution in [0.3, 0.4) is 0 Å². The molecule has 1 aliphatic rings. The minimum Gasteiger partial charge on any atom is -0.393 e. The van der Waals surface area contributed by atoms with Gasteiger partial charge in [-0.3, -0.25) is 4.79 Å². The summed E-state index contributed by atoms with van der Waals surface area (Å²) in [5.41, 5.74) is 2.80. The maximum absolute atomic E-state index is 12.8. The van der Waals surface area contributed by atoms with Crippen LogP contribution in [-0.2, 0) is 0 Å². The Morgan fingerprint density at radius 1 is 1.30 bits per heavy atom. The fourth-order valence-corrected chi connectivity index (χ4v) is 2.97. The molecule has 0 radical (unpaired) electrons. The van der Waals surface area contributed by atoms with Crippen LogP contribution in [0.1, 0.15) is 50.0 Å². The highest BCUT2D eigenvalue weighted by atomic mass is 16.3. The Balaban J connectivity index is 2.15. The van der Waals surface area contributed by atoms with E-state index in [1.165, 1.54) is 0 Å². The fourth-order valence-electron chi connectivity index (χ4n) is 2.97. The predicted molar refractivity (Wildman–Crippen MR) is 94.8 cm³/mol. The minimum atomic E-state index is -0.353. The summed E-state index contributed by atoms with van der Waals surface area (Å²) in [6.07, 6.45) is 0.527. The van der Waals surface area contributed by atoms with Crippen molar-refractivity contribution in [2.24, 2.45) is 11.8 Å². The number of hydrogen-bond donors (Lipinski definition) is 2. The fraction of sp³-hybridized carbons (Fsp3) is 0.632. The van der Waals surface area contributed by atoms with Crippen molar-refractivity contribution in [3.05, 3.63) is 29.3 Å². The number of benzene rings is 1. The third-order valence-electron chi connectivity index (χ3n) is 5.14. The van der Waals surface area contributed by atoms with Gasteiger partial charge < -0.3 is 15.3 Å². The first-order valence-corrected chi connectivity index (χ1v) is 8.64. The molecule has 4 heteroatoms. The van der Waals surface area contributed by atoms with Crippen molar-refractivity contribution in [2.45, 2.75) is 53.2 Å². The van der Waals surface area contributed by atoms with Crippen molar-refractivity contribution in [3.63, 3.8) is 0 Å². The number of carbonyl (C=O) groups excluding carboxylic acids is 1. The lowest BCUT2D eigenvalue weighted by atomic mass is 10.0. The van der Waals surface area contributed by atoms with Crippen LogP contribution in [0.25, 0.3) is 0 Å². The van der Waals surface area contributed by atoms with Crippen molar-refractivity contribution in [1.29, 1.82) is 0 Å². The van der Waals surface area contributed by atoms with Gasteiger partial charge in [0.15, 0.2) is 0 Å². The van der Waals surface area contributed by atoms with Gasteiger partial charge >= 0.3 is 0 Å². The minimum absolute atomic E-state index is 0.0755. The van der Waals surface area contributed by atoms with Crippen molar-refractivity contribution < 1.29 is 9.90 Å². The quantitative estimate of drug-likeness (QED) is 0.876. The van der Waals surface area contributed by atoms with Gasteiger partial charge in [0.25, 0.3) is 5.91 Å². The normalized spacial score (nSPS) is 20.7. The SMILES string of the molecule is Cc1c(NC(C)C(C)C)cccc1C(=O)N1CCC(C(C)O)C1. The lowest BCUT2D eigenvalue weighted by Gasteiger charge is -2.23. The second-order valence-corrected chi connectivity index (χ2v) is 7.20. The summed E-state index contributed by atoms with van der Waals surface area (Å²) in [7, 11) is 0. The van der Waals surface area contributed by atoms with Crippen LogP contribution in [0.15, 0.2) is 18.2 Å². The molecular weight excluding hydrogens is 288 g/mol. The summed E-state index contributed by atoms with van der Waals surface area (Å²) < 4.78 is 0. The van der Waals surface area contributed by atoms with E-state index in [-0.39, 0.29) is 17.9 Å². The molecule has 4 nitrogen and oxygen atoms in total. The highest BCUT2D eigenvalue weighted by Crippen LogP contribution is 2.26. The number of nitrogens with one attached hydrogen (secondary N) is 1. The number of nitrogens with zero attached hydrogens (tertiary/aromatic N) is 1. The summed E-state index contributed by atoms with van der Waals surface area (Å²) in [5.74, 6) is 0.798. The van der Waals surface area contributed by atoms with Crippen molar-refractivity contribution in [1.82, 2.24) is 4.90 Å². The van der Waals surface area contributed by atoms with E-state index in [2.05, 4.69) is 26.1 Å². The first kappa shape index (κ1) is 17.8. The Hall–Kier alpha value is -1.55. The molecule has 0 bridgehead atoms. The zero-order valence-corrected chi connectivity index (χ0v) is 15.0. The third-order valence-corrected chi connectivity index (χ3v) is 5.14. The molecule has 3 unspecified atom stereocenters. The second-order valence-electron chi connectivity index (χ2n) is 7.20. The molecule has 0 aliphatic carbocycles. The highest BCUT2D eigenvalue weighted by molar-refractivity contribution is 5.97. The Bertz CT molecular complexity index is 554. The standard InChI is InChI=1S/C19H30N2O2/c1-12(2)14(4)20-18-8-6-7-17(13(18)3)19(23)21-10-9-16(11-21)15(5)22/h6-8,12,14-16,20,22H,9-11H2,1-5H3. The van der Waals surface area contributed by atoms with Crippen molar-refractivity contribution in [2.75, 3.05) is 18.4 Å². The van der Waals surface area contributed by atoms with Crippen LogP contribution < -0.4 is 5.32 Å². The molecule has 1 saturated heterocycles. The molecule has 0 aromatic heterocycles. The maximum Gasteiger partial charge on any atom is 0.254 e. The Labute approximate surface area is 139 Å². The number of hydrogen-bond acceptors (Lipinski definition) is 3. The van der Waals surface area contributed by atoms with E-state index >= 15 is 0 Å². The smallest absolute Gasteiger partial charge is 0.254 e. The molecule has 0 spiro atoms. The van der Waals surface area contributed by atoms with Gasteiger partial charge in [0, 0.05) is 36.3 Å². The number of carbonyl (C=O) groups is 1. The Morgan fingerprint density at radius 2 is 2.00 bits per heavy atom. The van der Waals surface area contributed by atoms with Crippen LogP contribution in [-0.4, -0.2) is 41.1 Å². The zero-order valence-electron chi connectivity index (χ0n) is 15.0. The van der Waals surface area contributed by atoms with Crippen LogP contribution in [0.4, 0.5) is 5.69 Å². The van der Waals surface area contributed by atoms with Crippen molar-refractivity contribution in [3.8, 4) is 0 Å². The lowest BCUT2D eigenvalue weighted by Crippen LogP contribution is -2.31. The largest absolute Gasteiger partial charge is 0.393 e. The van der Waals surface area contributed by atoms with E-state index in [9.17, 15) is 9.90 Å². The van der Waals surface area contributed by atoms with Gasteiger partial charge in [-0.2, -0.15) is 0 Å². The summed E-state index contributed by atoms with van der Waals surface area (Å²) in [4.78, 5) is 14.7. The Morgan fingerprint density at radius 3 is 2.57 bits per heavy atom. The second kappa shape index (κ2) is 7.35. The molecule has 1 heterocycles. The molecule has 1 aromatic carbocycles. The highest BCUT2D eigenvalue weighted by Gasteiger charge is 2.30. The number of amides is 1. The summed E-state index contributed by atoms with van der Waals surface area (Å²) >= 11 is 0. The van der Waals surface area contributed by atoms with E-state index in [4.69, 9.17) is 0 Å². The van der Waals surface area contributed by atoms with Crippen LogP contribution in [0.2, 0.25) is 0 Å². The van der Waals surface area contributed by atoms with Gasteiger partial charge in [0.2, 0.25) is 0 Å². The Kier molecular flexibility index (Phi) is 5.69. The molecule has 1 aromatic rings. The molecule has 1 fully saturated rings. The van der Waals surface area contributed by atoms with Crippen LogP contribution >= 0.6 is 0 Å². The van der Waals surface area contributed by atoms with Gasteiger partial charge in [-0.05, 0) is 50.8 Å². The molecular formula is C19H30N2O2. The number of aliphatic hydroxyl groups is 1. The average molecular weight is 318 g/mol. The monoisotopic (exact) mass is 318 g/mol. The van der Waals surface area contributed by atoms with Gasteiger partial charge in [-0.15, -0.1) is 0 Å². The average Bonchev–Trinajstić information content (AvgIpc) is 2.98. The summed E-state index contributed by atoms with van der Waals surface area (Å²) in [5, 5.41) is 13.2. The summed E-state index contributed by atoms with van der Waals surface area (Å²) in [6, 6.07) is 6.23. The summed E-state index contributed by atoms with van der Waals surface area (Å²) in [6.45, 7) is 11.7. The molecule has 2 N–H and O–H groups in total. The van der Waals surface area contributed by atoms with E-state index in [1.54, 1.807) is 0 Å². The number of aliphatic hydroxyl groups excluding tert-OH is 1. The molecule has 1 aliphatic heterocycles. The lowest BCUT2D eigenvalue weighted by molar-refractivity contribution is 0.0762. The molecule has 3 atom stereocenters. The molecule has 1 amide bonds. The van der Waals surface area contributed by atoms with E-state index in [0.717, 1.165) is 29.8 Å².